The average molecular weight is 324 g/mol. The Labute approximate surface area is 133 Å². The van der Waals surface area contributed by atoms with Crippen molar-refractivity contribution in [1.82, 2.24) is 0 Å². The fourth-order valence-corrected chi connectivity index (χ4v) is 3.21. The first kappa shape index (κ1) is 15.9. The quantitative estimate of drug-likeness (QED) is 0.838. The van der Waals surface area contributed by atoms with Gasteiger partial charge in [-0.05, 0) is 35.7 Å². The number of anilines is 1. The molecule has 0 saturated heterocycles. The Balaban J connectivity index is 2.27. The number of carboxylic acids is 1. The molecule has 0 saturated carbocycles. The van der Waals surface area contributed by atoms with Crippen molar-refractivity contribution in [2.24, 2.45) is 0 Å². The molecular formula is C16H18ClNO2S. The van der Waals surface area contributed by atoms with E-state index >= 15 is 0 Å². The van der Waals surface area contributed by atoms with Crippen molar-refractivity contribution in [2.75, 3.05) is 5.32 Å². The van der Waals surface area contributed by atoms with Gasteiger partial charge in [-0.15, -0.1) is 11.3 Å². The molecule has 1 aromatic heterocycles. The summed E-state index contributed by atoms with van der Waals surface area (Å²) in [5.41, 5.74) is 0.711. The highest BCUT2D eigenvalue weighted by Crippen LogP contribution is 2.34. The summed E-state index contributed by atoms with van der Waals surface area (Å²) < 4.78 is 0. The maximum absolute atomic E-state index is 11.6. The topological polar surface area (TPSA) is 49.3 Å². The summed E-state index contributed by atoms with van der Waals surface area (Å²) in [7, 11) is 0. The second kappa shape index (κ2) is 6.08. The molecule has 2 N–H and O–H groups in total. The molecule has 1 unspecified atom stereocenters. The van der Waals surface area contributed by atoms with Crippen molar-refractivity contribution < 1.29 is 9.90 Å². The normalized spacial score (nSPS) is 13.0. The Bertz CT molecular complexity index is 646. The molecule has 0 aliphatic heterocycles. The fourth-order valence-electron chi connectivity index (χ4n) is 1.91. The van der Waals surface area contributed by atoms with Crippen LogP contribution in [0, 0.1) is 0 Å². The average Bonchev–Trinajstić information content (AvgIpc) is 2.84. The SMILES string of the molecule is CC(C)(C)c1ccc(C(Nc2cccc(Cl)c2)C(=O)O)s1. The second-order valence-electron chi connectivity index (χ2n) is 5.88. The van der Waals surface area contributed by atoms with E-state index in [2.05, 4.69) is 26.1 Å². The summed E-state index contributed by atoms with van der Waals surface area (Å²) in [5.74, 6) is -0.905. The van der Waals surface area contributed by atoms with Gasteiger partial charge in [-0.3, -0.25) is 0 Å². The number of thiophene rings is 1. The lowest BCUT2D eigenvalue weighted by atomic mass is 9.95. The molecular weight excluding hydrogens is 306 g/mol. The van der Waals surface area contributed by atoms with Gasteiger partial charge in [0.25, 0.3) is 0 Å². The van der Waals surface area contributed by atoms with E-state index in [4.69, 9.17) is 11.6 Å². The van der Waals surface area contributed by atoms with Gasteiger partial charge in [-0.25, -0.2) is 4.79 Å². The number of rotatable bonds is 4. The molecule has 2 aromatic rings. The van der Waals surface area contributed by atoms with Crippen molar-refractivity contribution in [3.05, 3.63) is 51.2 Å². The van der Waals surface area contributed by atoms with Crippen molar-refractivity contribution in [3.63, 3.8) is 0 Å². The van der Waals surface area contributed by atoms with Crippen LogP contribution in [0.4, 0.5) is 5.69 Å². The monoisotopic (exact) mass is 323 g/mol. The molecule has 2 rings (SSSR count). The van der Waals surface area contributed by atoms with E-state index in [9.17, 15) is 9.90 Å². The van der Waals surface area contributed by atoms with E-state index in [1.54, 1.807) is 24.3 Å². The minimum atomic E-state index is -0.905. The maximum Gasteiger partial charge on any atom is 0.331 e. The van der Waals surface area contributed by atoms with E-state index in [0.717, 1.165) is 9.75 Å². The number of nitrogens with one attached hydrogen (secondary N) is 1. The van der Waals surface area contributed by atoms with Crippen LogP contribution < -0.4 is 5.32 Å². The molecule has 21 heavy (non-hydrogen) atoms. The minimum absolute atomic E-state index is 0.0159. The zero-order valence-corrected chi connectivity index (χ0v) is 13.8. The van der Waals surface area contributed by atoms with E-state index < -0.39 is 12.0 Å². The molecule has 0 spiro atoms. The lowest BCUT2D eigenvalue weighted by molar-refractivity contribution is -0.138. The highest BCUT2D eigenvalue weighted by Gasteiger charge is 2.24. The smallest absolute Gasteiger partial charge is 0.331 e. The largest absolute Gasteiger partial charge is 0.479 e. The van der Waals surface area contributed by atoms with Gasteiger partial charge in [0.05, 0.1) is 0 Å². The number of aliphatic carboxylic acids is 1. The van der Waals surface area contributed by atoms with Crippen LogP contribution in [-0.4, -0.2) is 11.1 Å². The number of carboxylic acid groups (broad SMARTS) is 1. The van der Waals surface area contributed by atoms with E-state index in [0.29, 0.717) is 10.7 Å². The van der Waals surface area contributed by atoms with Crippen LogP contribution in [0.2, 0.25) is 5.02 Å². The van der Waals surface area contributed by atoms with Crippen LogP contribution >= 0.6 is 22.9 Å². The van der Waals surface area contributed by atoms with Crippen LogP contribution in [0.3, 0.4) is 0 Å². The minimum Gasteiger partial charge on any atom is -0.479 e. The number of hydrogen-bond donors (Lipinski definition) is 2. The highest BCUT2D eigenvalue weighted by molar-refractivity contribution is 7.12. The van der Waals surface area contributed by atoms with Gasteiger partial charge in [0, 0.05) is 20.5 Å². The predicted octanol–water partition coefficient (Wildman–Crippen LogP) is 4.94. The van der Waals surface area contributed by atoms with Crippen molar-refractivity contribution >= 4 is 34.6 Å². The summed E-state index contributed by atoms with van der Waals surface area (Å²) in [6.45, 7) is 6.34. The van der Waals surface area contributed by atoms with Gasteiger partial charge in [0.1, 0.15) is 0 Å². The second-order valence-corrected chi connectivity index (χ2v) is 7.43. The van der Waals surface area contributed by atoms with Gasteiger partial charge >= 0.3 is 5.97 Å². The Morgan fingerprint density at radius 3 is 2.52 bits per heavy atom. The van der Waals surface area contributed by atoms with Crippen molar-refractivity contribution in [1.29, 1.82) is 0 Å². The van der Waals surface area contributed by atoms with Gasteiger partial charge in [0.2, 0.25) is 0 Å². The molecule has 0 aliphatic carbocycles. The Hall–Kier alpha value is -1.52. The molecule has 0 radical (unpaired) electrons. The molecule has 5 heteroatoms. The molecule has 112 valence electrons. The van der Waals surface area contributed by atoms with Gasteiger partial charge in [-0.1, -0.05) is 38.4 Å². The lowest BCUT2D eigenvalue weighted by Crippen LogP contribution is -2.19. The lowest BCUT2D eigenvalue weighted by Gasteiger charge is -2.17. The molecule has 1 atom stereocenters. The molecule has 0 amide bonds. The van der Waals surface area contributed by atoms with Gasteiger partial charge < -0.3 is 10.4 Å². The number of hydrogen-bond acceptors (Lipinski definition) is 3. The molecule has 1 heterocycles. The summed E-state index contributed by atoms with van der Waals surface area (Å²) in [6, 6.07) is 10.2. The molecule has 1 aromatic carbocycles. The number of carbonyl (C=O) groups is 1. The zero-order chi connectivity index (χ0) is 15.6. The molecule has 3 nitrogen and oxygen atoms in total. The third kappa shape index (κ3) is 3.99. The van der Waals surface area contributed by atoms with Crippen molar-refractivity contribution in [2.45, 2.75) is 32.2 Å². The highest BCUT2D eigenvalue weighted by atomic mass is 35.5. The molecule has 0 aliphatic rings. The number of halogens is 1. The Morgan fingerprint density at radius 1 is 1.29 bits per heavy atom. The number of benzene rings is 1. The fraction of sp³-hybridized carbons (Fsp3) is 0.312. The summed E-state index contributed by atoms with van der Waals surface area (Å²) in [4.78, 5) is 13.5. The first-order valence-electron chi connectivity index (χ1n) is 6.62. The van der Waals surface area contributed by atoms with Gasteiger partial charge in [-0.2, -0.15) is 0 Å². The first-order valence-corrected chi connectivity index (χ1v) is 7.82. The Kier molecular flexibility index (Phi) is 4.59. The molecule has 0 bridgehead atoms. The summed E-state index contributed by atoms with van der Waals surface area (Å²) in [6.07, 6.45) is 0. The van der Waals surface area contributed by atoms with E-state index in [1.165, 1.54) is 11.3 Å². The third-order valence-electron chi connectivity index (χ3n) is 3.03. The Morgan fingerprint density at radius 2 is 2.00 bits per heavy atom. The van der Waals surface area contributed by atoms with Crippen LogP contribution in [0.1, 0.15) is 36.6 Å². The molecule has 0 fully saturated rings. The third-order valence-corrected chi connectivity index (χ3v) is 4.84. The summed E-state index contributed by atoms with van der Waals surface area (Å²) >= 11 is 7.46. The predicted molar refractivity (Wildman–Crippen MR) is 88.5 cm³/mol. The van der Waals surface area contributed by atoms with Gasteiger partial charge in [0.15, 0.2) is 6.04 Å². The first-order chi connectivity index (χ1) is 9.77. The zero-order valence-electron chi connectivity index (χ0n) is 12.2. The standard InChI is InChI=1S/C16H18ClNO2S/c1-16(2,3)13-8-7-12(21-13)14(15(19)20)18-11-6-4-5-10(17)9-11/h4-9,14,18H,1-3H3,(H,19,20). The van der Waals surface area contributed by atoms with Crippen LogP contribution in [0.15, 0.2) is 36.4 Å². The maximum atomic E-state index is 11.6. The van der Waals surface area contributed by atoms with Crippen LogP contribution in [-0.2, 0) is 10.2 Å². The van der Waals surface area contributed by atoms with Crippen LogP contribution in [0.25, 0.3) is 0 Å². The van der Waals surface area contributed by atoms with E-state index in [-0.39, 0.29) is 5.41 Å². The van der Waals surface area contributed by atoms with Crippen LogP contribution in [0.5, 0.6) is 0 Å². The van der Waals surface area contributed by atoms with Crippen molar-refractivity contribution in [3.8, 4) is 0 Å². The van der Waals surface area contributed by atoms with E-state index in [1.807, 2.05) is 12.1 Å². The summed E-state index contributed by atoms with van der Waals surface area (Å²) in [5, 5.41) is 13.1.